The van der Waals surface area contributed by atoms with Crippen LogP contribution < -0.4 is 10.2 Å². The predicted molar refractivity (Wildman–Crippen MR) is 98.3 cm³/mol. The van der Waals surface area contributed by atoms with E-state index < -0.39 is 16.8 Å². The maximum absolute atomic E-state index is 11.9. The Bertz CT molecular complexity index is 1010. The maximum atomic E-state index is 11.9. The molecule has 0 unspecified atom stereocenters. The quantitative estimate of drug-likeness (QED) is 0.231. The summed E-state index contributed by atoms with van der Waals surface area (Å²) >= 11 is 0. The second-order valence-corrected chi connectivity index (χ2v) is 5.44. The van der Waals surface area contributed by atoms with Crippen LogP contribution in [-0.4, -0.2) is 23.0 Å². The third kappa shape index (κ3) is 4.67. The van der Waals surface area contributed by atoms with Gasteiger partial charge in [0.25, 0.3) is 11.6 Å². The number of furan rings is 1. The highest BCUT2D eigenvalue weighted by Crippen LogP contribution is 2.14. The third-order valence-electron chi connectivity index (χ3n) is 3.53. The Balaban J connectivity index is 1.54. The summed E-state index contributed by atoms with van der Waals surface area (Å²) in [6, 6.07) is 14.7. The van der Waals surface area contributed by atoms with Crippen LogP contribution in [0.15, 0.2) is 76.4 Å². The van der Waals surface area contributed by atoms with Gasteiger partial charge in [-0.2, -0.15) is 5.10 Å². The van der Waals surface area contributed by atoms with Gasteiger partial charge in [-0.1, -0.05) is 0 Å². The molecule has 0 aliphatic heterocycles. The van der Waals surface area contributed by atoms with Crippen molar-refractivity contribution in [3.8, 4) is 5.75 Å². The molecular weight excluding hydrogens is 366 g/mol. The largest absolute Gasteiger partial charge is 0.457 e. The number of nitro groups is 1. The van der Waals surface area contributed by atoms with Crippen LogP contribution in [-0.2, 0) is 0 Å². The second kappa shape index (κ2) is 8.41. The van der Waals surface area contributed by atoms with Crippen molar-refractivity contribution >= 4 is 23.8 Å². The average molecular weight is 379 g/mol. The number of carbonyl (C=O) groups is 2. The van der Waals surface area contributed by atoms with Gasteiger partial charge in [-0.25, -0.2) is 10.2 Å². The first kappa shape index (κ1) is 18.5. The Kier molecular flexibility index (Phi) is 5.56. The van der Waals surface area contributed by atoms with Crippen molar-refractivity contribution in [3.63, 3.8) is 0 Å². The fourth-order valence-electron chi connectivity index (χ4n) is 2.14. The lowest BCUT2D eigenvalue weighted by atomic mass is 10.2. The van der Waals surface area contributed by atoms with Crippen LogP contribution in [0.1, 0.15) is 26.5 Å². The van der Waals surface area contributed by atoms with Crippen LogP contribution in [0.2, 0.25) is 0 Å². The summed E-state index contributed by atoms with van der Waals surface area (Å²) in [7, 11) is 0. The van der Waals surface area contributed by atoms with E-state index in [9.17, 15) is 19.7 Å². The van der Waals surface area contributed by atoms with Crippen LogP contribution >= 0.6 is 0 Å². The van der Waals surface area contributed by atoms with E-state index in [1.165, 1.54) is 42.8 Å². The van der Waals surface area contributed by atoms with Crippen molar-refractivity contribution in [2.24, 2.45) is 5.10 Å². The van der Waals surface area contributed by atoms with Gasteiger partial charge in [-0.15, -0.1) is 0 Å². The van der Waals surface area contributed by atoms with E-state index in [1.54, 1.807) is 30.3 Å². The molecular formula is C19H13N3O6. The number of hydrazone groups is 1. The lowest BCUT2D eigenvalue weighted by Gasteiger charge is -2.02. The molecule has 140 valence electrons. The first-order chi connectivity index (χ1) is 13.5. The number of benzene rings is 2. The average Bonchev–Trinajstić information content (AvgIpc) is 3.24. The normalized spacial score (nSPS) is 10.6. The van der Waals surface area contributed by atoms with E-state index >= 15 is 0 Å². The molecule has 2 aromatic carbocycles. The lowest BCUT2D eigenvalue weighted by molar-refractivity contribution is -0.384. The number of amides is 1. The van der Waals surface area contributed by atoms with Gasteiger partial charge < -0.3 is 9.15 Å². The van der Waals surface area contributed by atoms with Crippen LogP contribution in [0.4, 0.5) is 5.69 Å². The summed E-state index contributed by atoms with van der Waals surface area (Å²) in [4.78, 5) is 33.8. The zero-order valence-corrected chi connectivity index (χ0v) is 14.3. The van der Waals surface area contributed by atoms with Gasteiger partial charge in [0.2, 0.25) is 5.76 Å². The number of hydrogen-bond acceptors (Lipinski definition) is 7. The number of nitro benzene ring substituents is 1. The van der Waals surface area contributed by atoms with Gasteiger partial charge in [0, 0.05) is 17.7 Å². The summed E-state index contributed by atoms with van der Waals surface area (Å²) in [5, 5.41) is 14.4. The van der Waals surface area contributed by atoms with E-state index in [0.29, 0.717) is 11.3 Å². The molecule has 3 rings (SSSR count). The SMILES string of the molecule is O=C(N/N=C\c1ccc(OC(=O)c2ccco2)cc1)c1ccc([N+](=O)[O-])cc1. The summed E-state index contributed by atoms with van der Waals surface area (Å²) in [6.07, 6.45) is 2.78. The number of rotatable bonds is 6. The molecule has 0 spiro atoms. The lowest BCUT2D eigenvalue weighted by Crippen LogP contribution is -2.17. The molecule has 3 aromatic rings. The van der Waals surface area contributed by atoms with Crippen LogP contribution in [0.25, 0.3) is 0 Å². The van der Waals surface area contributed by atoms with Crippen molar-refractivity contribution < 1.29 is 23.7 Å². The standard InChI is InChI=1S/C19H13N3O6/c23-18(14-5-7-15(8-6-14)22(25)26)21-20-12-13-3-9-16(10-4-13)28-19(24)17-2-1-11-27-17/h1-12H,(H,21,23)/b20-12-. The monoisotopic (exact) mass is 379 g/mol. The summed E-state index contributed by atoms with van der Waals surface area (Å²) in [6.45, 7) is 0. The van der Waals surface area contributed by atoms with E-state index in [2.05, 4.69) is 10.5 Å². The Labute approximate surface area is 158 Å². The maximum Gasteiger partial charge on any atom is 0.379 e. The van der Waals surface area contributed by atoms with Gasteiger partial charge in [-0.05, 0) is 54.1 Å². The molecule has 0 atom stereocenters. The smallest absolute Gasteiger partial charge is 0.379 e. The zero-order chi connectivity index (χ0) is 19.9. The number of ether oxygens (including phenoxy) is 1. The van der Waals surface area contributed by atoms with Crippen molar-refractivity contribution in [1.29, 1.82) is 0 Å². The van der Waals surface area contributed by atoms with Gasteiger partial charge >= 0.3 is 5.97 Å². The third-order valence-corrected chi connectivity index (χ3v) is 3.53. The summed E-state index contributed by atoms with van der Waals surface area (Å²) in [5.74, 6) is -0.690. The Morgan fingerprint density at radius 3 is 2.39 bits per heavy atom. The van der Waals surface area contributed by atoms with Gasteiger partial charge in [-0.3, -0.25) is 14.9 Å². The topological polar surface area (TPSA) is 124 Å². The summed E-state index contributed by atoms with van der Waals surface area (Å²) in [5.41, 5.74) is 3.11. The minimum absolute atomic E-state index is 0.0968. The van der Waals surface area contributed by atoms with Crippen LogP contribution in [0, 0.1) is 10.1 Å². The van der Waals surface area contributed by atoms with Crippen LogP contribution in [0.5, 0.6) is 5.75 Å². The molecule has 1 N–H and O–H groups in total. The fraction of sp³-hybridized carbons (Fsp3) is 0. The molecule has 28 heavy (non-hydrogen) atoms. The minimum atomic E-state index is -0.609. The highest BCUT2D eigenvalue weighted by atomic mass is 16.6. The van der Waals surface area contributed by atoms with Gasteiger partial charge in [0.05, 0.1) is 17.4 Å². The number of nitrogens with one attached hydrogen (secondary N) is 1. The molecule has 0 aliphatic rings. The number of nitrogens with zero attached hydrogens (tertiary/aromatic N) is 2. The molecule has 0 fully saturated rings. The molecule has 0 saturated carbocycles. The molecule has 0 radical (unpaired) electrons. The molecule has 1 aromatic heterocycles. The highest BCUT2D eigenvalue weighted by Gasteiger charge is 2.11. The highest BCUT2D eigenvalue weighted by molar-refractivity contribution is 5.95. The predicted octanol–water partition coefficient (Wildman–Crippen LogP) is 3.17. The van der Waals surface area contributed by atoms with E-state index in [1.807, 2.05) is 0 Å². The van der Waals surface area contributed by atoms with Crippen molar-refractivity contribution in [3.05, 3.63) is 93.9 Å². The van der Waals surface area contributed by atoms with Crippen molar-refractivity contribution in [2.45, 2.75) is 0 Å². The Morgan fingerprint density at radius 2 is 1.79 bits per heavy atom. The minimum Gasteiger partial charge on any atom is -0.457 e. The number of esters is 1. The van der Waals surface area contributed by atoms with Crippen LogP contribution in [0.3, 0.4) is 0 Å². The molecule has 0 bridgehead atoms. The number of carbonyl (C=O) groups excluding carboxylic acids is 2. The van der Waals surface area contributed by atoms with Gasteiger partial charge in [0.15, 0.2) is 0 Å². The van der Waals surface area contributed by atoms with E-state index in [0.717, 1.165) is 0 Å². The van der Waals surface area contributed by atoms with Crippen molar-refractivity contribution in [1.82, 2.24) is 5.43 Å². The second-order valence-electron chi connectivity index (χ2n) is 5.44. The van der Waals surface area contributed by atoms with E-state index in [4.69, 9.17) is 9.15 Å². The molecule has 9 nitrogen and oxygen atoms in total. The fourth-order valence-corrected chi connectivity index (χ4v) is 2.14. The first-order valence-corrected chi connectivity index (χ1v) is 7.96. The molecule has 1 amide bonds. The first-order valence-electron chi connectivity index (χ1n) is 7.96. The number of hydrogen-bond donors (Lipinski definition) is 1. The Morgan fingerprint density at radius 1 is 1.07 bits per heavy atom. The Hall–Kier alpha value is -4.27. The summed E-state index contributed by atoms with van der Waals surface area (Å²) < 4.78 is 10.1. The molecule has 0 saturated heterocycles. The number of non-ortho nitro benzene ring substituents is 1. The molecule has 0 aliphatic carbocycles. The molecule has 1 heterocycles. The molecule has 9 heteroatoms. The van der Waals surface area contributed by atoms with Gasteiger partial charge in [0.1, 0.15) is 5.75 Å². The zero-order valence-electron chi connectivity index (χ0n) is 14.3. The van der Waals surface area contributed by atoms with E-state index in [-0.39, 0.29) is 17.0 Å². The van der Waals surface area contributed by atoms with Crippen molar-refractivity contribution in [2.75, 3.05) is 0 Å².